The SMILES string of the molecule is CC1=CC2(C)C=CN=CC2c2sc3c(c21)CCC=C3. The fourth-order valence-electron chi connectivity index (χ4n) is 3.59. The number of rotatable bonds is 0. The lowest BCUT2D eigenvalue weighted by atomic mass is 9.69. The molecule has 4 rings (SSSR count). The van der Waals surface area contributed by atoms with Crippen LogP contribution in [0.4, 0.5) is 0 Å². The average molecular weight is 267 g/mol. The van der Waals surface area contributed by atoms with Crippen molar-refractivity contribution >= 4 is 29.2 Å². The second-order valence-corrected chi connectivity index (χ2v) is 6.99. The summed E-state index contributed by atoms with van der Waals surface area (Å²) in [5.41, 5.74) is 4.65. The molecule has 0 saturated carbocycles. The Kier molecular flexibility index (Phi) is 2.28. The molecule has 2 heteroatoms. The minimum Gasteiger partial charge on any atom is -0.269 e. The van der Waals surface area contributed by atoms with Crippen molar-refractivity contribution in [1.29, 1.82) is 0 Å². The summed E-state index contributed by atoms with van der Waals surface area (Å²) in [6.07, 6.45) is 15.7. The molecule has 0 saturated heterocycles. The molecule has 2 unspecified atom stereocenters. The van der Waals surface area contributed by atoms with Crippen molar-refractivity contribution in [3.63, 3.8) is 0 Å². The van der Waals surface area contributed by atoms with E-state index >= 15 is 0 Å². The highest BCUT2D eigenvalue weighted by atomic mass is 32.1. The van der Waals surface area contributed by atoms with Gasteiger partial charge in [0.25, 0.3) is 0 Å². The van der Waals surface area contributed by atoms with Crippen LogP contribution in [-0.2, 0) is 6.42 Å². The molecule has 1 aromatic heterocycles. The third-order valence-corrected chi connectivity index (χ3v) is 5.81. The Morgan fingerprint density at radius 1 is 1.42 bits per heavy atom. The van der Waals surface area contributed by atoms with Crippen molar-refractivity contribution in [2.24, 2.45) is 10.4 Å². The van der Waals surface area contributed by atoms with Crippen molar-refractivity contribution in [2.45, 2.75) is 32.6 Å². The highest BCUT2D eigenvalue weighted by Gasteiger charge is 2.39. The molecule has 0 fully saturated rings. The summed E-state index contributed by atoms with van der Waals surface area (Å²) in [7, 11) is 0. The molecule has 0 spiro atoms. The van der Waals surface area contributed by atoms with Crippen LogP contribution in [0.25, 0.3) is 11.6 Å². The Balaban J connectivity index is 1.99. The van der Waals surface area contributed by atoms with Gasteiger partial charge in [0.05, 0.1) is 0 Å². The Labute approximate surface area is 118 Å². The lowest BCUT2D eigenvalue weighted by Crippen LogP contribution is -2.27. The van der Waals surface area contributed by atoms with Gasteiger partial charge < -0.3 is 0 Å². The first-order valence-electron chi connectivity index (χ1n) is 6.92. The van der Waals surface area contributed by atoms with Crippen LogP contribution in [-0.4, -0.2) is 6.21 Å². The zero-order valence-corrected chi connectivity index (χ0v) is 12.1. The fraction of sp³-hybridized carbons (Fsp3) is 0.353. The molecule has 0 aromatic carbocycles. The van der Waals surface area contributed by atoms with Crippen LogP contribution in [0.1, 0.15) is 47.1 Å². The van der Waals surface area contributed by atoms with Gasteiger partial charge in [-0.25, -0.2) is 0 Å². The molecular weight excluding hydrogens is 250 g/mol. The van der Waals surface area contributed by atoms with Crippen LogP contribution >= 0.6 is 11.3 Å². The van der Waals surface area contributed by atoms with Crippen LogP contribution in [0.3, 0.4) is 0 Å². The van der Waals surface area contributed by atoms with E-state index < -0.39 is 0 Å². The molecule has 19 heavy (non-hydrogen) atoms. The lowest BCUT2D eigenvalue weighted by molar-refractivity contribution is 0.509. The van der Waals surface area contributed by atoms with Gasteiger partial charge in [0, 0.05) is 33.5 Å². The zero-order valence-electron chi connectivity index (χ0n) is 11.3. The van der Waals surface area contributed by atoms with Crippen molar-refractivity contribution in [1.82, 2.24) is 0 Å². The summed E-state index contributed by atoms with van der Waals surface area (Å²) in [5.74, 6) is 0.417. The molecule has 0 amide bonds. The lowest BCUT2D eigenvalue weighted by Gasteiger charge is -2.36. The molecule has 1 aromatic rings. The molecule has 2 heterocycles. The summed E-state index contributed by atoms with van der Waals surface area (Å²) in [6.45, 7) is 4.59. The third kappa shape index (κ3) is 1.50. The van der Waals surface area contributed by atoms with E-state index in [2.05, 4.69) is 49.4 Å². The van der Waals surface area contributed by atoms with E-state index in [4.69, 9.17) is 0 Å². The van der Waals surface area contributed by atoms with E-state index in [-0.39, 0.29) is 5.41 Å². The van der Waals surface area contributed by atoms with Gasteiger partial charge in [-0.3, -0.25) is 4.99 Å². The minimum absolute atomic E-state index is 0.107. The topological polar surface area (TPSA) is 12.4 Å². The second-order valence-electron chi connectivity index (χ2n) is 5.91. The Hall–Kier alpha value is -1.41. The van der Waals surface area contributed by atoms with Gasteiger partial charge in [-0.15, -0.1) is 11.3 Å². The summed E-state index contributed by atoms with van der Waals surface area (Å²) in [4.78, 5) is 7.38. The molecule has 96 valence electrons. The first kappa shape index (κ1) is 11.4. The van der Waals surface area contributed by atoms with Crippen LogP contribution in [0.15, 0.2) is 29.4 Å². The maximum absolute atomic E-state index is 4.39. The highest BCUT2D eigenvalue weighted by molar-refractivity contribution is 7.13. The number of hydrogen-bond acceptors (Lipinski definition) is 2. The largest absolute Gasteiger partial charge is 0.269 e. The zero-order chi connectivity index (χ0) is 13.0. The van der Waals surface area contributed by atoms with Gasteiger partial charge in [-0.1, -0.05) is 25.2 Å². The average Bonchev–Trinajstić information content (AvgIpc) is 2.77. The van der Waals surface area contributed by atoms with E-state index in [0.717, 1.165) is 0 Å². The molecule has 0 radical (unpaired) electrons. The minimum atomic E-state index is 0.107. The van der Waals surface area contributed by atoms with E-state index in [0.29, 0.717) is 5.92 Å². The van der Waals surface area contributed by atoms with Gasteiger partial charge in [0.1, 0.15) is 0 Å². The number of nitrogens with zero attached hydrogens (tertiary/aromatic N) is 1. The summed E-state index contributed by atoms with van der Waals surface area (Å²) < 4.78 is 0. The molecule has 3 aliphatic rings. The van der Waals surface area contributed by atoms with Crippen molar-refractivity contribution in [3.8, 4) is 0 Å². The predicted octanol–water partition coefficient (Wildman–Crippen LogP) is 4.81. The standard InChI is InChI=1S/C17H17NS/c1-11-9-17(2)7-8-18-10-13(17)16-15(11)12-5-3-4-6-14(12)19-16/h4,6-10,13H,3,5H2,1-2H3. The van der Waals surface area contributed by atoms with E-state index in [1.807, 2.05) is 17.5 Å². The van der Waals surface area contributed by atoms with Crippen LogP contribution in [0.2, 0.25) is 0 Å². The number of aliphatic imine (C=N–C) groups is 1. The first-order valence-corrected chi connectivity index (χ1v) is 7.73. The van der Waals surface area contributed by atoms with Gasteiger partial charge in [-0.2, -0.15) is 0 Å². The van der Waals surface area contributed by atoms with Crippen LogP contribution in [0.5, 0.6) is 0 Å². The predicted molar refractivity (Wildman–Crippen MR) is 83.8 cm³/mol. The maximum Gasteiger partial charge on any atom is 0.0417 e. The molecule has 2 aliphatic carbocycles. The van der Waals surface area contributed by atoms with Crippen molar-refractivity contribution in [3.05, 3.63) is 45.3 Å². The molecule has 2 atom stereocenters. The Morgan fingerprint density at radius 3 is 3.21 bits per heavy atom. The monoisotopic (exact) mass is 267 g/mol. The number of allylic oxidation sites excluding steroid dienone is 4. The molecule has 1 aliphatic heterocycles. The number of fused-ring (bicyclic) bond motifs is 5. The number of hydrogen-bond donors (Lipinski definition) is 0. The summed E-state index contributed by atoms with van der Waals surface area (Å²) in [5, 5.41) is 0. The van der Waals surface area contributed by atoms with E-state index in [1.54, 1.807) is 5.56 Å². The second kappa shape index (κ2) is 3.80. The summed E-state index contributed by atoms with van der Waals surface area (Å²) >= 11 is 1.97. The molecule has 1 nitrogen and oxygen atoms in total. The first-order chi connectivity index (χ1) is 9.19. The molecular formula is C17H17NS. The van der Waals surface area contributed by atoms with E-state index in [1.165, 1.54) is 33.7 Å². The Morgan fingerprint density at radius 2 is 2.32 bits per heavy atom. The van der Waals surface area contributed by atoms with Crippen molar-refractivity contribution < 1.29 is 0 Å². The van der Waals surface area contributed by atoms with Gasteiger partial charge in [-0.05, 0) is 42.5 Å². The van der Waals surface area contributed by atoms with E-state index in [9.17, 15) is 0 Å². The smallest absolute Gasteiger partial charge is 0.0417 e. The van der Waals surface area contributed by atoms with Crippen LogP contribution < -0.4 is 0 Å². The van der Waals surface area contributed by atoms with Crippen molar-refractivity contribution in [2.75, 3.05) is 0 Å². The third-order valence-electron chi connectivity index (χ3n) is 4.53. The maximum atomic E-state index is 4.39. The molecule has 0 bridgehead atoms. The Bertz CT molecular complexity index is 672. The van der Waals surface area contributed by atoms with Gasteiger partial charge in [0.2, 0.25) is 0 Å². The fourth-order valence-corrected chi connectivity index (χ4v) is 5.14. The summed E-state index contributed by atoms with van der Waals surface area (Å²) in [6, 6.07) is 0. The normalized spacial score (nSPS) is 30.6. The molecule has 0 N–H and O–H groups in total. The quantitative estimate of drug-likeness (QED) is 0.639. The number of thiophene rings is 1. The van der Waals surface area contributed by atoms with Crippen LogP contribution in [0, 0.1) is 5.41 Å². The van der Waals surface area contributed by atoms with Gasteiger partial charge >= 0.3 is 0 Å². The highest BCUT2D eigenvalue weighted by Crippen LogP contribution is 2.52. The van der Waals surface area contributed by atoms with Gasteiger partial charge in [0.15, 0.2) is 0 Å².